The molecule has 1 unspecified atom stereocenters. The van der Waals surface area contributed by atoms with E-state index in [4.69, 9.17) is 10.5 Å². The molecule has 17 heavy (non-hydrogen) atoms. The minimum Gasteiger partial charge on any atom is -0.445 e. The van der Waals surface area contributed by atoms with Crippen LogP contribution in [0.2, 0.25) is 0 Å². The number of benzene rings is 1. The second kappa shape index (κ2) is 6.80. The Labute approximate surface area is 97.8 Å². The van der Waals surface area contributed by atoms with E-state index in [1.54, 1.807) is 12.1 Å². The van der Waals surface area contributed by atoms with E-state index in [-0.39, 0.29) is 13.2 Å². The number of carbonyl (C=O) groups excluding carboxylic acids is 1. The smallest absolute Gasteiger partial charge is 0.407 e. The van der Waals surface area contributed by atoms with Crippen LogP contribution >= 0.6 is 0 Å². The van der Waals surface area contributed by atoms with Crippen molar-refractivity contribution >= 4 is 6.09 Å². The van der Waals surface area contributed by atoms with E-state index in [9.17, 15) is 13.6 Å². The van der Waals surface area contributed by atoms with Crippen molar-refractivity contribution in [1.82, 2.24) is 5.32 Å². The number of rotatable bonds is 5. The van der Waals surface area contributed by atoms with E-state index in [2.05, 4.69) is 5.32 Å². The third-order valence-electron chi connectivity index (χ3n) is 2.02. The number of hydrogen-bond acceptors (Lipinski definition) is 3. The third-order valence-corrected chi connectivity index (χ3v) is 2.02. The summed E-state index contributed by atoms with van der Waals surface area (Å²) in [6.07, 6.45) is -3.42. The summed E-state index contributed by atoms with van der Waals surface area (Å²) in [5.74, 6) is 0. The lowest BCUT2D eigenvalue weighted by Crippen LogP contribution is -2.41. The van der Waals surface area contributed by atoms with Crippen LogP contribution in [0.25, 0.3) is 0 Å². The molecular weight excluding hydrogens is 230 g/mol. The lowest BCUT2D eigenvalue weighted by Gasteiger charge is -2.11. The highest BCUT2D eigenvalue weighted by atomic mass is 19.3. The van der Waals surface area contributed by atoms with Crippen molar-refractivity contribution in [3.8, 4) is 0 Å². The Bertz CT molecular complexity index is 347. The fourth-order valence-corrected chi connectivity index (χ4v) is 1.06. The van der Waals surface area contributed by atoms with Crippen LogP contribution in [0.3, 0.4) is 0 Å². The highest BCUT2D eigenvalue weighted by Gasteiger charge is 2.16. The van der Waals surface area contributed by atoms with E-state index >= 15 is 0 Å². The van der Waals surface area contributed by atoms with Gasteiger partial charge < -0.3 is 15.8 Å². The normalized spacial score (nSPS) is 12.2. The predicted octanol–water partition coefficient (Wildman–Crippen LogP) is 1.51. The molecule has 0 bridgehead atoms. The molecule has 0 spiro atoms. The van der Waals surface area contributed by atoms with Crippen LogP contribution in [0.4, 0.5) is 13.6 Å². The number of hydrogen-bond donors (Lipinski definition) is 2. The maximum absolute atomic E-state index is 12.0. The second-order valence-electron chi connectivity index (χ2n) is 3.44. The Balaban J connectivity index is 2.22. The minimum atomic E-state index is -2.66. The predicted molar refractivity (Wildman–Crippen MR) is 58.6 cm³/mol. The van der Waals surface area contributed by atoms with Crippen molar-refractivity contribution in [2.75, 3.05) is 6.54 Å². The number of amides is 1. The number of alkyl carbamates (subject to hydrolysis) is 1. The minimum absolute atomic E-state index is 0.0938. The average molecular weight is 244 g/mol. The van der Waals surface area contributed by atoms with E-state index in [1.165, 1.54) is 0 Å². The Kier molecular flexibility index (Phi) is 5.35. The largest absolute Gasteiger partial charge is 0.445 e. The molecule has 0 aromatic heterocycles. The van der Waals surface area contributed by atoms with Crippen LogP contribution in [0.15, 0.2) is 30.3 Å². The van der Waals surface area contributed by atoms with Gasteiger partial charge in [0.05, 0.1) is 6.04 Å². The van der Waals surface area contributed by atoms with Crippen LogP contribution in [-0.4, -0.2) is 25.1 Å². The summed E-state index contributed by atoms with van der Waals surface area (Å²) >= 11 is 0. The standard InChI is InChI=1S/C11H14F2N2O2/c12-10(13)9(14)6-15-11(16)17-7-8-4-2-1-3-5-8/h1-5,9-10H,6-7,14H2,(H,15,16). The average Bonchev–Trinajstić information content (AvgIpc) is 2.34. The molecule has 1 aromatic carbocycles. The van der Waals surface area contributed by atoms with Gasteiger partial charge in [0, 0.05) is 6.54 Å². The van der Waals surface area contributed by atoms with Gasteiger partial charge in [0.15, 0.2) is 0 Å². The first kappa shape index (κ1) is 13.4. The van der Waals surface area contributed by atoms with Gasteiger partial charge in [-0.15, -0.1) is 0 Å². The Morgan fingerprint density at radius 1 is 1.35 bits per heavy atom. The SMILES string of the molecule is NC(CNC(=O)OCc1ccccc1)C(F)F. The van der Waals surface area contributed by atoms with Crippen LogP contribution in [0.5, 0.6) is 0 Å². The molecule has 94 valence electrons. The first-order chi connectivity index (χ1) is 8.09. The molecule has 0 aliphatic rings. The van der Waals surface area contributed by atoms with Gasteiger partial charge in [-0.1, -0.05) is 30.3 Å². The van der Waals surface area contributed by atoms with Crippen LogP contribution in [0, 0.1) is 0 Å². The molecule has 0 aliphatic heterocycles. The Hall–Kier alpha value is -1.69. The van der Waals surface area contributed by atoms with E-state index < -0.39 is 18.6 Å². The molecule has 4 nitrogen and oxygen atoms in total. The van der Waals surface area contributed by atoms with Crippen LogP contribution in [-0.2, 0) is 11.3 Å². The molecule has 0 fully saturated rings. The molecule has 1 rings (SSSR count). The van der Waals surface area contributed by atoms with E-state index in [1.807, 2.05) is 18.2 Å². The summed E-state index contributed by atoms with van der Waals surface area (Å²) in [5, 5.41) is 2.17. The summed E-state index contributed by atoms with van der Waals surface area (Å²) in [4.78, 5) is 11.1. The zero-order valence-electron chi connectivity index (χ0n) is 9.11. The topological polar surface area (TPSA) is 64.3 Å². The van der Waals surface area contributed by atoms with Crippen molar-refractivity contribution in [2.45, 2.75) is 19.1 Å². The van der Waals surface area contributed by atoms with Gasteiger partial charge in [-0.2, -0.15) is 0 Å². The highest BCUT2D eigenvalue weighted by Crippen LogP contribution is 2.01. The second-order valence-corrected chi connectivity index (χ2v) is 3.44. The van der Waals surface area contributed by atoms with E-state index in [0.29, 0.717) is 0 Å². The van der Waals surface area contributed by atoms with Crippen LogP contribution < -0.4 is 11.1 Å². The molecule has 6 heteroatoms. The van der Waals surface area contributed by atoms with Gasteiger partial charge in [-0.3, -0.25) is 0 Å². The molecule has 1 atom stereocenters. The zero-order valence-corrected chi connectivity index (χ0v) is 9.11. The molecule has 0 saturated heterocycles. The molecule has 0 heterocycles. The Morgan fingerprint density at radius 3 is 2.59 bits per heavy atom. The lowest BCUT2D eigenvalue weighted by molar-refractivity contribution is 0.108. The zero-order chi connectivity index (χ0) is 12.7. The number of halogens is 2. The summed E-state index contributed by atoms with van der Waals surface area (Å²) < 4.78 is 28.8. The van der Waals surface area contributed by atoms with Gasteiger partial charge >= 0.3 is 6.09 Å². The van der Waals surface area contributed by atoms with Gasteiger partial charge in [0.2, 0.25) is 0 Å². The summed E-state index contributed by atoms with van der Waals surface area (Å²) in [5.41, 5.74) is 5.87. The van der Waals surface area contributed by atoms with E-state index in [0.717, 1.165) is 5.56 Å². The van der Waals surface area contributed by atoms with Crippen molar-refractivity contribution in [2.24, 2.45) is 5.73 Å². The fraction of sp³-hybridized carbons (Fsp3) is 0.364. The lowest BCUT2D eigenvalue weighted by atomic mass is 10.2. The van der Waals surface area contributed by atoms with Crippen molar-refractivity contribution < 1.29 is 18.3 Å². The summed E-state index contributed by atoms with van der Waals surface area (Å²) in [6, 6.07) is 7.66. The molecular formula is C11H14F2N2O2. The molecule has 0 radical (unpaired) electrons. The maximum Gasteiger partial charge on any atom is 0.407 e. The van der Waals surface area contributed by atoms with Gasteiger partial charge in [-0.05, 0) is 5.56 Å². The van der Waals surface area contributed by atoms with Gasteiger partial charge in [0.25, 0.3) is 6.43 Å². The van der Waals surface area contributed by atoms with Crippen molar-refractivity contribution in [3.63, 3.8) is 0 Å². The third kappa shape index (κ3) is 5.26. The van der Waals surface area contributed by atoms with Gasteiger partial charge in [0.1, 0.15) is 6.61 Å². The Morgan fingerprint density at radius 2 is 2.00 bits per heavy atom. The molecule has 0 saturated carbocycles. The molecule has 3 N–H and O–H groups in total. The summed E-state index contributed by atoms with van der Waals surface area (Å²) in [6.45, 7) is -0.220. The first-order valence-electron chi connectivity index (χ1n) is 5.08. The molecule has 0 aliphatic carbocycles. The fourth-order valence-electron chi connectivity index (χ4n) is 1.06. The number of carbonyl (C=O) groups is 1. The number of nitrogens with two attached hydrogens (primary N) is 1. The van der Waals surface area contributed by atoms with Crippen molar-refractivity contribution in [1.29, 1.82) is 0 Å². The van der Waals surface area contributed by atoms with Gasteiger partial charge in [-0.25, -0.2) is 13.6 Å². The maximum atomic E-state index is 12.0. The number of ether oxygens (including phenoxy) is 1. The number of nitrogens with one attached hydrogen (secondary N) is 1. The highest BCUT2D eigenvalue weighted by molar-refractivity contribution is 5.67. The molecule has 1 amide bonds. The number of alkyl halides is 2. The van der Waals surface area contributed by atoms with Crippen LogP contribution in [0.1, 0.15) is 5.56 Å². The van der Waals surface area contributed by atoms with Crippen molar-refractivity contribution in [3.05, 3.63) is 35.9 Å². The monoisotopic (exact) mass is 244 g/mol. The quantitative estimate of drug-likeness (QED) is 0.825. The molecule has 1 aromatic rings. The first-order valence-corrected chi connectivity index (χ1v) is 5.08. The summed E-state index contributed by atoms with van der Waals surface area (Å²) in [7, 11) is 0.